The van der Waals surface area contributed by atoms with E-state index in [4.69, 9.17) is 21.1 Å². The number of carbonyl (C=O) groups is 1. The van der Waals surface area contributed by atoms with Crippen LogP contribution in [0.2, 0.25) is 5.02 Å². The van der Waals surface area contributed by atoms with Crippen molar-refractivity contribution in [3.05, 3.63) is 53.6 Å². The van der Waals surface area contributed by atoms with Gasteiger partial charge < -0.3 is 14.4 Å². The van der Waals surface area contributed by atoms with E-state index < -0.39 is 10.0 Å². The summed E-state index contributed by atoms with van der Waals surface area (Å²) in [6.45, 7) is 0.639. The highest BCUT2D eigenvalue weighted by molar-refractivity contribution is 7.89. The van der Waals surface area contributed by atoms with E-state index in [1.165, 1.54) is 17.0 Å². The molecule has 0 spiro atoms. The Morgan fingerprint density at radius 2 is 1.86 bits per heavy atom. The lowest BCUT2D eigenvalue weighted by molar-refractivity contribution is -0.130. The predicted octanol–water partition coefficient (Wildman–Crippen LogP) is 2.55. The first-order chi connectivity index (χ1) is 13.3. The molecule has 2 rings (SSSR count). The molecule has 1 N–H and O–H groups in total. The van der Waals surface area contributed by atoms with E-state index in [-0.39, 0.29) is 30.4 Å². The molecular weight excluding hydrogens is 404 g/mol. The van der Waals surface area contributed by atoms with Gasteiger partial charge in [0.1, 0.15) is 6.61 Å². The Balaban J connectivity index is 1.76. The number of nitrogens with one attached hydrogen (secondary N) is 1. The number of ether oxygens (including phenoxy) is 2. The van der Waals surface area contributed by atoms with Crippen molar-refractivity contribution in [3.8, 4) is 11.5 Å². The summed E-state index contributed by atoms with van der Waals surface area (Å²) in [5, 5.41) is 0.328. The van der Waals surface area contributed by atoms with Crippen LogP contribution < -0.4 is 14.2 Å². The number of rotatable bonds is 10. The Morgan fingerprint density at radius 3 is 2.54 bits per heavy atom. The molecule has 0 radical (unpaired) electrons. The fraction of sp³-hybridized carbons (Fsp3) is 0.316. The van der Waals surface area contributed by atoms with Crippen molar-refractivity contribution in [1.82, 2.24) is 9.62 Å². The summed E-state index contributed by atoms with van der Waals surface area (Å²) >= 11 is 5.82. The molecule has 0 aliphatic rings. The van der Waals surface area contributed by atoms with Crippen LogP contribution in [-0.4, -0.2) is 53.1 Å². The van der Waals surface area contributed by atoms with Crippen LogP contribution in [0.15, 0.2) is 53.4 Å². The Labute approximate surface area is 170 Å². The zero-order valence-electron chi connectivity index (χ0n) is 15.7. The van der Waals surface area contributed by atoms with Crippen molar-refractivity contribution in [1.29, 1.82) is 0 Å². The molecule has 0 bridgehead atoms. The van der Waals surface area contributed by atoms with Gasteiger partial charge in [0.05, 0.1) is 18.6 Å². The van der Waals surface area contributed by atoms with Gasteiger partial charge in [-0.3, -0.25) is 4.79 Å². The lowest BCUT2D eigenvalue weighted by Crippen LogP contribution is -2.34. The van der Waals surface area contributed by atoms with Crippen LogP contribution in [-0.2, 0) is 14.8 Å². The van der Waals surface area contributed by atoms with Gasteiger partial charge >= 0.3 is 0 Å². The highest BCUT2D eigenvalue weighted by atomic mass is 35.5. The van der Waals surface area contributed by atoms with E-state index >= 15 is 0 Å². The average molecular weight is 427 g/mol. The van der Waals surface area contributed by atoms with Crippen LogP contribution >= 0.6 is 11.6 Å². The van der Waals surface area contributed by atoms with Gasteiger partial charge in [-0.25, -0.2) is 13.1 Å². The van der Waals surface area contributed by atoms with Gasteiger partial charge in [0.25, 0.3) is 0 Å². The number of sulfonamides is 1. The second-order valence-corrected chi connectivity index (χ2v) is 8.12. The minimum Gasteiger partial charge on any atom is -0.493 e. The second-order valence-electron chi connectivity index (χ2n) is 5.92. The van der Waals surface area contributed by atoms with Gasteiger partial charge in [-0.1, -0.05) is 29.8 Å². The van der Waals surface area contributed by atoms with Crippen LogP contribution in [0.25, 0.3) is 0 Å². The molecule has 152 valence electrons. The molecule has 0 fully saturated rings. The summed E-state index contributed by atoms with van der Waals surface area (Å²) in [5.74, 6) is 1.02. The summed E-state index contributed by atoms with van der Waals surface area (Å²) in [5.41, 5.74) is 0. The number of hydrogen-bond donors (Lipinski definition) is 1. The van der Waals surface area contributed by atoms with Crippen LogP contribution in [0.4, 0.5) is 0 Å². The molecule has 0 aliphatic heterocycles. The normalized spacial score (nSPS) is 11.1. The number of halogens is 1. The largest absolute Gasteiger partial charge is 0.493 e. The first-order valence-corrected chi connectivity index (χ1v) is 10.4. The number of nitrogens with zero attached hydrogens (tertiary/aromatic N) is 1. The molecule has 0 aromatic heterocycles. The standard InChI is InChI=1S/C19H23ClN2O5S/c1-22(12-13-27-18-9-4-3-8-17(18)26-2)19(23)10-11-21-28(24,25)16-7-5-6-15(20)14-16/h3-9,14,21H,10-13H2,1-2H3. The summed E-state index contributed by atoms with van der Waals surface area (Å²) in [7, 11) is -0.512. The molecule has 2 aromatic carbocycles. The van der Waals surface area contributed by atoms with Crippen LogP contribution in [0.1, 0.15) is 6.42 Å². The first kappa shape index (κ1) is 22.0. The van der Waals surface area contributed by atoms with Crippen molar-refractivity contribution in [2.24, 2.45) is 0 Å². The first-order valence-electron chi connectivity index (χ1n) is 8.58. The topological polar surface area (TPSA) is 84.9 Å². The van der Waals surface area contributed by atoms with Crippen LogP contribution in [0.5, 0.6) is 11.5 Å². The molecule has 0 aliphatic carbocycles. The Bertz CT molecular complexity index is 905. The van der Waals surface area contributed by atoms with Crippen LogP contribution in [0.3, 0.4) is 0 Å². The Hall–Kier alpha value is -2.29. The van der Waals surface area contributed by atoms with E-state index in [2.05, 4.69) is 4.72 Å². The fourth-order valence-corrected chi connectivity index (χ4v) is 3.69. The predicted molar refractivity (Wildman–Crippen MR) is 107 cm³/mol. The third-order valence-corrected chi connectivity index (χ3v) is 5.61. The smallest absolute Gasteiger partial charge is 0.240 e. The maximum absolute atomic E-state index is 12.2. The van der Waals surface area contributed by atoms with Crippen molar-refractivity contribution in [3.63, 3.8) is 0 Å². The maximum atomic E-state index is 12.2. The highest BCUT2D eigenvalue weighted by Crippen LogP contribution is 2.25. The summed E-state index contributed by atoms with van der Waals surface area (Å²) in [4.78, 5) is 13.7. The summed E-state index contributed by atoms with van der Waals surface area (Å²) in [6.07, 6.45) is 0.0327. The van der Waals surface area contributed by atoms with Gasteiger partial charge in [-0.2, -0.15) is 0 Å². The monoisotopic (exact) mass is 426 g/mol. The molecule has 28 heavy (non-hydrogen) atoms. The zero-order valence-corrected chi connectivity index (χ0v) is 17.3. The Kier molecular flexibility index (Phi) is 8.10. The minimum absolute atomic E-state index is 0.00855. The Morgan fingerprint density at radius 1 is 1.14 bits per heavy atom. The van der Waals surface area contributed by atoms with E-state index in [1.807, 2.05) is 12.1 Å². The number of carbonyl (C=O) groups excluding carboxylic acids is 1. The lowest BCUT2D eigenvalue weighted by atomic mass is 10.3. The van der Waals surface area contributed by atoms with Gasteiger partial charge in [0, 0.05) is 25.0 Å². The highest BCUT2D eigenvalue weighted by Gasteiger charge is 2.16. The average Bonchev–Trinajstić information content (AvgIpc) is 2.68. The number of para-hydroxylation sites is 2. The number of likely N-dealkylation sites (N-methyl/N-ethyl adjacent to an activating group) is 1. The molecular formula is C19H23ClN2O5S. The fourth-order valence-electron chi connectivity index (χ4n) is 2.36. The third-order valence-electron chi connectivity index (χ3n) is 3.92. The van der Waals surface area contributed by atoms with Crippen molar-refractivity contribution >= 4 is 27.5 Å². The van der Waals surface area contributed by atoms with Gasteiger partial charge in [-0.05, 0) is 30.3 Å². The zero-order chi connectivity index (χ0) is 20.6. The van der Waals surface area contributed by atoms with Crippen molar-refractivity contribution in [2.75, 3.05) is 33.9 Å². The van der Waals surface area contributed by atoms with Gasteiger partial charge in [-0.15, -0.1) is 0 Å². The molecule has 0 saturated carbocycles. The summed E-state index contributed by atoms with van der Waals surface area (Å²) < 4.78 is 37.6. The lowest BCUT2D eigenvalue weighted by Gasteiger charge is -2.18. The molecule has 1 amide bonds. The van der Waals surface area contributed by atoms with E-state index in [0.29, 0.717) is 23.1 Å². The van der Waals surface area contributed by atoms with E-state index in [0.717, 1.165) is 0 Å². The van der Waals surface area contributed by atoms with Crippen LogP contribution in [0, 0.1) is 0 Å². The molecule has 9 heteroatoms. The van der Waals surface area contributed by atoms with E-state index in [9.17, 15) is 13.2 Å². The molecule has 2 aromatic rings. The molecule has 0 heterocycles. The SMILES string of the molecule is COc1ccccc1OCCN(C)C(=O)CCNS(=O)(=O)c1cccc(Cl)c1. The molecule has 0 saturated heterocycles. The quantitative estimate of drug-likeness (QED) is 0.631. The van der Waals surface area contributed by atoms with Gasteiger partial charge in [0.2, 0.25) is 15.9 Å². The van der Waals surface area contributed by atoms with Crippen molar-refractivity contribution < 1.29 is 22.7 Å². The summed E-state index contributed by atoms with van der Waals surface area (Å²) in [6, 6.07) is 13.2. The van der Waals surface area contributed by atoms with Crippen molar-refractivity contribution in [2.45, 2.75) is 11.3 Å². The number of amides is 1. The van der Waals surface area contributed by atoms with E-state index in [1.54, 1.807) is 38.4 Å². The minimum atomic E-state index is -3.71. The third kappa shape index (κ3) is 6.40. The second kappa shape index (κ2) is 10.3. The molecule has 0 atom stereocenters. The molecule has 0 unspecified atom stereocenters. The maximum Gasteiger partial charge on any atom is 0.240 e. The number of benzene rings is 2. The molecule has 7 nitrogen and oxygen atoms in total. The van der Waals surface area contributed by atoms with Gasteiger partial charge in [0.15, 0.2) is 11.5 Å². The number of hydrogen-bond acceptors (Lipinski definition) is 5. The number of methoxy groups -OCH3 is 1.